The third-order valence-electron chi connectivity index (χ3n) is 4.72. The van der Waals surface area contributed by atoms with Gasteiger partial charge in [0, 0.05) is 38.4 Å². The molecule has 1 saturated heterocycles. The maximum absolute atomic E-state index is 5.87. The van der Waals surface area contributed by atoms with Crippen molar-refractivity contribution in [2.24, 2.45) is 0 Å². The number of anilines is 1. The van der Waals surface area contributed by atoms with E-state index in [1.54, 1.807) is 7.11 Å². The summed E-state index contributed by atoms with van der Waals surface area (Å²) in [5.74, 6) is 1.87. The molecule has 0 bridgehead atoms. The van der Waals surface area contributed by atoms with Crippen LogP contribution in [-0.4, -0.2) is 51.3 Å². The van der Waals surface area contributed by atoms with Crippen LogP contribution in [0.15, 0.2) is 48.5 Å². The van der Waals surface area contributed by atoms with Gasteiger partial charge in [0.2, 0.25) is 0 Å². The van der Waals surface area contributed by atoms with Crippen LogP contribution >= 0.6 is 0 Å². The summed E-state index contributed by atoms with van der Waals surface area (Å²) in [6.07, 6.45) is 1.18. The lowest BCUT2D eigenvalue weighted by atomic mass is 10.2. The Morgan fingerprint density at radius 2 is 1.56 bits per heavy atom. The van der Waals surface area contributed by atoms with E-state index in [-0.39, 0.29) is 0 Å². The van der Waals surface area contributed by atoms with Gasteiger partial charge in [-0.1, -0.05) is 17.7 Å². The van der Waals surface area contributed by atoms with E-state index in [9.17, 15) is 0 Å². The van der Waals surface area contributed by atoms with Crippen LogP contribution in [0.4, 0.5) is 5.69 Å². The van der Waals surface area contributed by atoms with Gasteiger partial charge in [-0.05, 0) is 49.7 Å². The van der Waals surface area contributed by atoms with Crippen molar-refractivity contribution in [3.63, 3.8) is 0 Å². The lowest BCUT2D eigenvalue weighted by Gasteiger charge is -2.24. The van der Waals surface area contributed by atoms with Crippen LogP contribution in [0, 0.1) is 6.92 Å². The van der Waals surface area contributed by atoms with Crippen LogP contribution in [0.25, 0.3) is 0 Å². The minimum absolute atomic E-state index is 0.742. The summed E-state index contributed by atoms with van der Waals surface area (Å²) in [7, 11) is 1.71. The largest absolute Gasteiger partial charge is 0.497 e. The van der Waals surface area contributed by atoms with E-state index in [1.807, 2.05) is 24.3 Å². The van der Waals surface area contributed by atoms with Crippen LogP contribution in [0.5, 0.6) is 11.5 Å². The molecule has 0 aromatic heterocycles. The molecule has 0 unspecified atom stereocenters. The molecule has 0 amide bonds. The van der Waals surface area contributed by atoms with Crippen LogP contribution in [0.2, 0.25) is 0 Å². The van der Waals surface area contributed by atoms with Gasteiger partial charge in [-0.2, -0.15) is 0 Å². The van der Waals surface area contributed by atoms with E-state index in [1.165, 1.54) is 17.7 Å². The summed E-state index contributed by atoms with van der Waals surface area (Å²) >= 11 is 0. The Balaban J connectivity index is 1.45. The number of ether oxygens (including phenoxy) is 2. The highest BCUT2D eigenvalue weighted by Crippen LogP contribution is 2.20. The van der Waals surface area contributed by atoms with E-state index in [0.29, 0.717) is 0 Å². The highest BCUT2D eigenvalue weighted by atomic mass is 16.5. The van der Waals surface area contributed by atoms with Gasteiger partial charge < -0.3 is 14.4 Å². The van der Waals surface area contributed by atoms with Gasteiger partial charge in [-0.25, -0.2) is 0 Å². The molecule has 1 heterocycles. The minimum Gasteiger partial charge on any atom is -0.497 e. The maximum atomic E-state index is 5.87. The molecule has 25 heavy (non-hydrogen) atoms. The third-order valence-corrected chi connectivity index (χ3v) is 4.72. The van der Waals surface area contributed by atoms with E-state index in [2.05, 4.69) is 41.0 Å². The molecule has 0 spiro atoms. The summed E-state index contributed by atoms with van der Waals surface area (Å²) in [5.41, 5.74) is 2.54. The highest BCUT2D eigenvalue weighted by Gasteiger charge is 2.15. The SMILES string of the molecule is COc1ccc(N2CCCN(CCOc3ccc(C)cc3)CC2)cc1. The number of methoxy groups -OCH3 is 1. The zero-order valence-corrected chi connectivity index (χ0v) is 15.3. The predicted octanol–water partition coefficient (Wildman–Crippen LogP) is 3.59. The number of benzene rings is 2. The quantitative estimate of drug-likeness (QED) is 0.802. The summed E-state index contributed by atoms with van der Waals surface area (Å²) in [4.78, 5) is 4.96. The fourth-order valence-electron chi connectivity index (χ4n) is 3.17. The van der Waals surface area contributed by atoms with Gasteiger partial charge in [-0.15, -0.1) is 0 Å². The number of aryl methyl sites for hydroxylation is 1. The smallest absolute Gasteiger partial charge is 0.119 e. The third kappa shape index (κ3) is 5.13. The lowest BCUT2D eigenvalue weighted by molar-refractivity contribution is 0.218. The predicted molar refractivity (Wildman–Crippen MR) is 103 cm³/mol. The molecular weight excluding hydrogens is 312 g/mol. The van der Waals surface area contributed by atoms with Crippen molar-refractivity contribution in [2.75, 3.05) is 51.3 Å². The normalized spacial score (nSPS) is 15.7. The van der Waals surface area contributed by atoms with Gasteiger partial charge in [0.05, 0.1) is 7.11 Å². The zero-order valence-electron chi connectivity index (χ0n) is 15.3. The highest BCUT2D eigenvalue weighted by molar-refractivity contribution is 5.49. The van der Waals surface area contributed by atoms with Gasteiger partial charge in [0.1, 0.15) is 18.1 Å². The average Bonchev–Trinajstić information content (AvgIpc) is 2.89. The maximum Gasteiger partial charge on any atom is 0.119 e. The first-order valence-electron chi connectivity index (χ1n) is 9.05. The van der Waals surface area contributed by atoms with Gasteiger partial charge in [0.25, 0.3) is 0 Å². The molecule has 4 heteroatoms. The molecule has 1 aliphatic rings. The van der Waals surface area contributed by atoms with E-state index < -0.39 is 0 Å². The first kappa shape index (κ1) is 17.6. The van der Waals surface area contributed by atoms with E-state index in [4.69, 9.17) is 9.47 Å². The molecule has 2 aromatic rings. The Morgan fingerprint density at radius 3 is 2.28 bits per heavy atom. The Labute approximate surface area is 151 Å². The summed E-state index contributed by atoms with van der Waals surface area (Å²) < 4.78 is 11.1. The van der Waals surface area contributed by atoms with E-state index in [0.717, 1.165) is 50.8 Å². The first-order chi connectivity index (χ1) is 12.2. The second-order valence-electron chi connectivity index (χ2n) is 6.54. The van der Waals surface area contributed by atoms with Crippen molar-refractivity contribution in [2.45, 2.75) is 13.3 Å². The molecule has 1 fully saturated rings. The molecule has 0 atom stereocenters. The molecule has 1 aliphatic heterocycles. The minimum atomic E-state index is 0.742. The lowest BCUT2D eigenvalue weighted by Crippen LogP contribution is -2.33. The van der Waals surface area contributed by atoms with Gasteiger partial charge in [-0.3, -0.25) is 4.90 Å². The molecule has 4 nitrogen and oxygen atoms in total. The summed E-state index contributed by atoms with van der Waals surface area (Å²) in [6, 6.07) is 16.6. The monoisotopic (exact) mass is 340 g/mol. The fourth-order valence-corrected chi connectivity index (χ4v) is 3.17. The fraction of sp³-hybridized carbons (Fsp3) is 0.429. The Morgan fingerprint density at radius 1 is 0.840 bits per heavy atom. The van der Waals surface area contributed by atoms with Crippen LogP contribution in [-0.2, 0) is 0 Å². The molecule has 0 saturated carbocycles. The molecule has 0 radical (unpaired) electrons. The Kier molecular flexibility index (Phi) is 6.18. The summed E-state index contributed by atoms with van der Waals surface area (Å²) in [5, 5.41) is 0. The average molecular weight is 340 g/mol. The molecular formula is C21H28N2O2. The van der Waals surface area contributed by atoms with Crippen LogP contribution in [0.3, 0.4) is 0 Å². The Hall–Kier alpha value is -2.20. The number of hydrogen-bond donors (Lipinski definition) is 0. The Bertz CT molecular complexity index is 640. The molecule has 0 aliphatic carbocycles. The van der Waals surface area contributed by atoms with Crippen LogP contribution in [0.1, 0.15) is 12.0 Å². The zero-order chi connectivity index (χ0) is 17.5. The van der Waals surface area contributed by atoms with Gasteiger partial charge in [0.15, 0.2) is 0 Å². The number of nitrogens with zero attached hydrogens (tertiary/aromatic N) is 2. The van der Waals surface area contributed by atoms with Gasteiger partial charge >= 0.3 is 0 Å². The molecule has 3 rings (SSSR count). The van der Waals surface area contributed by atoms with Crippen molar-refractivity contribution in [3.8, 4) is 11.5 Å². The molecule has 2 aromatic carbocycles. The number of rotatable bonds is 6. The van der Waals surface area contributed by atoms with Crippen molar-refractivity contribution >= 4 is 5.69 Å². The van der Waals surface area contributed by atoms with Crippen molar-refractivity contribution in [1.82, 2.24) is 4.90 Å². The second-order valence-corrected chi connectivity index (χ2v) is 6.54. The van der Waals surface area contributed by atoms with Crippen molar-refractivity contribution in [1.29, 1.82) is 0 Å². The van der Waals surface area contributed by atoms with E-state index >= 15 is 0 Å². The van der Waals surface area contributed by atoms with Crippen molar-refractivity contribution < 1.29 is 9.47 Å². The summed E-state index contributed by atoms with van der Waals surface area (Å²) in [6.45, 7) is 8.16. The molecule has 134 valence electrons. The second kappa shape index (κ2) is 8.77. The van der Waals surface area contributed by atoms with Crippen molar-refractivity contribution in [3.05, 3.63) is 54.1 Å². The molecule has 0 N–H and O–H groups in total. The first-order valence-corrected chi connectivity index (χ1v) is 9.05. The standard InChI is InChI=1S/C21H28N2O2/c1-18-4-8-21(9-5-18)25-17-16-22-12-3-13-23(15-14-22)19-6-10-20(24-2)11-7-19/h4-11H,3,12-17H2,1-2H3. The van der Waals surface area contributed by atoms with Crippen LogP contribution < -0.4 is 14.4 Å². The topological polar surface area (TPSA) is 24.9 Å². The number of hydrogen-bond acceptors (Lipinski definition) is 4.